The molecule has 2 bridgehead atoms. The van der Waals surface area contributed by atoms with E-state index in [9.17, 15) is 9.18 Å². The first-order valence-corrected chi connectivity index (χ1v) is 11.6. The van der Waals surface area contributed by atoms with E-state index in [0.717, 1.165) is 32.1 Å². The van der Waals surface area contributed by atoms with E-state index in [0.29, 0.717) is 23.7 Å². The maximum atomic E-state index is 13.5. The summed E-state index contributed by atoms with van der Waals surface area (Å²) in [5.41, 5.74) is 5.99. The third kappa shape index (κ3) is 4.32. The van der Waals surface area contributed by atoms with Gasteiger partial charge < -0.3 is 14.5 Å². The molecular weight excluding hydrogens is 451 g/mol. The van der Waals surface area contributed by atoms with Crippen molar-refractivity contribution in [3.8, 4) is 5.75 Å². The lowest BCUT2D eigenvalue weighted by molar-refractivity contribution is -0.125. The SMILES string of the molecule is CNN(NC)C1CC(c2nnc([C@@H]3CC4(NC(=O)COc5ccc(Cl)c(F)c5)CC3C4)o2)C1. The van der Waals surface area contributed by atoms with E-state index in [1.165, 1.54) is 18.2 Å². The van der Waals surface area contributed by atoms with E-state index < -0.39 is 5.82 Å². The lowest BCUT2D eigenvalue weighted by Crippen LogP contribution is -2.55. The summed E-state index contributed by atoms with van der Waals surface area (Å²) in [7, 11) is 3.78. The highest BCUT2D eigenvalue weighted by molar-refractivity contribution is 6.30. The number of halogens is 2. The lowest BCUT2D eigenvalue weighted by atomic mass is 9.76. The Morgan fingerprint density at radius 2 is 1.97 bits per heavy atom. The van der Waals surface area contributed by atoms with Gasteiger partial charge in [-0.3, -0.25) is 4.79 Å². The normalized spacial score (nSPS) is 30.1. The van der Waals surface area contributed by atoms with Crippen LogP contribution in [0.3, 0.4) is 0 Å². The number of fused-ring (bicyclic) bond motifs is 1. The van der Waals surface area contributed by atoms with E-state index in [-0.39, 0.29) is 40.7 Å². The second-order valence-electron chi connectivity index (χ2n) is 9.29. The highest BCUT2D eigenvalue weighted by Gasteiger charge is 2.58. The Kier molecular flexibility index (Phi) is 6.02. The molecule has 4 saturated carbocycles. The summed E-state index contributed by atoms with van der Waals surface area (Å²) in [4.78, 5) is 12.5. The highest BCUT2D eigenvalue weighted by Crippen LogP contribution is 2.59. The van der Waals surface area contributed by atoms with Crippen molar-refractivity contribution in [1.29, 1.82) is 0 Å². The van der Waals surface area contributed by atoms with Gasteiger partial charge in [-0.05, 0) is 50.2 Å². The van der Waals surface area contributed by atoms with Crippen molar-refractivity contribution in [1.82, 2.24) is 31.5 Å². The molecule has 0 unspecified atom stereocenters. The largest absolute Gasteiger partial charge is 0.484 e. The Morgan fingerprint density at radius 1 is 1.24 bits per heavy atom. The van der Waals surface area contributed by atoms with Crippen LogP contribution < -0.4 is 20.9 Å². The Hall–Kier alpha value is -2.27. The van der Waals surface area contributed by atoms with Gasteiger partial charge in [0.25, 0.3) is 5.91 Å². The molecule has 4 fully saturated rings. The minimum atomic E-state index is -0.577. The van der Waals surface area contributed by atoms with E-state index in [2.05, 4.69) is 26.4 Å². The fourth-order valence-corrected chi connectivity index (χ4v) is 5.63. The van der Waals surface area contributed by atoms with Gasteiger partial charge in [-0.1, -0.05) is 11.6 Å². The predicted octanol–water partition coefficient (Wildman–Crippen LogP) is 2.51. The van der Waals surface area contributed by atoms with Crippen LogP contribution in [0, 0.1) is 11.7 Å². The Bertz CT molecular complexity index is 1020. The third-order valence-electron chi connectivity index (χ3n) is 7.23. The number of hydrogen-bond donors (Lipinski definition) is 3. The van der Waals surface area contributed by atoms with Crippen LogP contribution in [0.5, 0.6) is 5.75 Å². The van der Waals surface area contributed by atoms with Gasteiger partial charge in [0, 0.05) is 43.6 Å². The zero-order chi connectivity index (χ0) is 23.2. The highest BCUT2D eigenvalue weighted by atomic mass is 35.5. The van der Waals surface area contributed by atoms with Gasteiger partial charge in [0.15, 0.2) is 6.61 Å². The van der Waals surface area contributed by atoms with Gasteiger partial charge in [0.05, 0.1) is 5.02 Å². The third-order valence-corrected chi connectivity index (χ3v) is 7.54. The summed E-state index contributed by atoms with van der Waals surface area (Å²) in [6.45, 7) is -0.179. The van der Waals surface area contributed by atoms with E-state index in [4.69, 9.17) is 20.8 Å². The van der Waals surface area contributed by atoms with Crippen LogP contribution in [0.1, 0.15) is 55.7 Å². The maximum Gasteiger partial charge on any atom is 0.258 e. The fraction of sp³-hybridized carbons (Fsp3) is 0.591. The van der Waals surface area contributed by atoms with Crippen molar-refractivity contribution in [2.75, 3.05) is 20.7 Å². The van der Waals surface area contributed by atoms with Crippen LogP contribution in [0.2, 0.25) is 5.02 Å². The van der Waals surface area contributed by atoms with Gasteiger partial charge in [-0.15, -0.1) is 10.2 Å². The zero-order valence-corrected chi connectivity index (χ0v) is 19.4. The number of hydrogen-bond acceptors (Lipinski definition) is 8. The van der Waals surface area contributed by atoms with Crippen LogP contribution >= 0.6 is 11.6 Å². The Morgan fingerprint density at radius 3 is 2.67 bits per heavy atom. The number of carbonyl (C=O) groups excluding carboxylic acids is 1. The van der Waals surface area contributed by atoms with Crippen molar-refractivity contribution < 1.29 is 18.3 Å². The monoisotopic (exact) mass is 478 g/mol. The molecule has 3 N–H and O–H groups in total. The number of hydrazine groups is 2. The molecule has 1 atom stereocenters. The molecule has 1 amide bonds. The van der Waals surface area contributed by atoms with Gasteiger partial charge in [0.1, 0.15) is 11.6 Å². The molecule has 0 radical (unpaired) electrons. The van der Waals surface area contributed by atoms with Gasteiger partial charge in [-0.25, -0.2) is 15.2 Å². The average molecular weight is 479 g/mol. The molecule has 9 nitrogen and oxygen atoms in total. The number of benzene rings is 1. The summed E-state index contributed by atoms with van der Waals surface area (Å²) in [5, 5.41) is 13.8. The number of ether oxygens (including phenoxy) is 1. The summed E-state index contributed by atoms with van der Waals surface area (Å²) in [6.07, 6.45) is 4.47. The quantitative estimate of drug-likeness (QED) is 0.472. The molecule has 33 heavy (non-hydrogen) atoms. The average Bonchev–Trinajstić information content (AvgIpc) is 3.44. The molecule has 0 saturated heterocycles. The van der Waals surface area contributed by atoms with Crippen molar-refractivity contribution >= 4 is 17.5 Å². The number of nitrogens with one attached hydrogen (secondary N) is 3. The van der Waals surface area contributed by atoms with E-state index in [1.807, 2.05) is 19.2 Å². The fourth-order valence-electron chi connectivity index (χ4n) is 5.51. The van der Waals surface area contributed by atoms with Crippen molar-refractivity contribution in [3.05, 3.63) is 40.8 Å². The van der Waals surface area contributed by atoms with Gasteiger partial charge in [-0.2, -0.15) is 5.12 Å². The van der Waals surface area contributed by atoms with Crippen LogP contribution in [-0.2, 0) is 4.79 Å². The molecule has 0 spiro atoms. The molecule has 2 aromatic rings. The number of aromatic nitrogens is 2. The lowest BCUT2D eigenvalue weighted by Gasteiger charge is -2.40. The smallest absolute Gasteiger partial charge is 0.258 e. The number of carbonyl (C=O) groups is 1. The molecule has 1 heterocycles. The standard InChI is InChI=1S/C22H28ClFN6O3/c1-25-30(26-2)14-5-12(6-14)20-28-29-21(33-20)16-10-22(8-13(16)9-22)27-19(31)11-32-15-3-4-17(23)18(24)7-15/h3-4,7,12-14,16,25-26H,5-6,8-11H2,1-2H3,(H,27,31)/t12?,13?,14?,16-,22?/m1/s1. The van der Waals surface area contributed by atoms with E-state index >= 15 is 0 Å². The number of nitrogens with zero attached hydrogens (tertiary/aromatic N) is 3. The minimum Gasteiger partial charge on any atom is -0.484 e. The molecule has 4 aliphatic rings. The molecule has 6 rings (SSSR count). The Labute approximate surface area is 196 Å². The first-order valence-electron chi connectivity index (χ1n) is 11.3. The van der Waals surface area contributed by atoms with Gasteiger partial charge >= 0.3 is 0 Å². The van der Waals surface area contributed by atoms with Crippen molar-refractivity contribution in [2.45, 2.75) is 55.5 Å². The second kappa shape index (κ2) is 8.83. The van der Waals surface area contributed by atoms with E-state index in [1.54, 1.807) is 0 Å². The molecule has 4 aliphatic carbocycles. The molecule has 1 aromatic carbocycles. The Balaban J connectivity index is 1.12. The van der Waals surface area contributed by atoms with Crippen LogP contribution in [0.15, 0.2) is 22.6 Å². The first-order chi connectivity index (χ1) is 15.9. The van der Waals surface area contributed by atoms with Crippen LogP contribution in [-0.4, -0.2) is 53.5 Å². The van der Waals surface area contributed by atoms with Crippen molar-refractivity contribution in [3.63, 3.8) is 0 Å². The summed E-state index contributed by atoms with van der Waals surface area (Å²) < 4.78 is 25.0. The van der Waals surface area contributed by atoms with Gasteiger partial charge in [0.2, 0.25) is 11.8 Å². The second-order valence-corrected chi connectivity index (χ2v) is 9.70. The topological polar surface area (TPSA) is 105 Å². The van der Waals surface area contributed by atoms with Crippen LogP contribution in [0.25, 0.3) is 0 Å². The summed E-state index contributed by atoms with van der Waals surface area (Å²) >= 11 is 5.67. The summed E-state index contributed by atoms with van der Waals surface area (Å²) in [6, 6.07) is 4.50. The predicted molar refractivity (Wildman–Crippen MR) is 118 cm³/mol. The summed E-state index contributed by atoms with van der Waals surface area (Å²) in [5.74, 6) is 1.73. The zero-order valence-electron chi connectivity index (χ0n) is 18.6. The van der Waals surface area contributed by atoms with Crippen LogP contribution in [0.4, 0.5) is 4.39 Å². The molecule has 11 heteroatoms. The number of amides is 1. The molecule has 1 aromatic heterocycles. The van der Waals surface area contributed by atoms with Crippen molar-refractivity contribution in [2.24, 2.45) is 5.92 Å². The number of rotatable bonds is 9. The molecule has 0 aliphatic heterocycles. The maximum absolute atomic E-state index is 13.5. The first kappa shape index (κ1) is 22.5. The molecular formula is C22H28ClFN6O3. The minimum absolute atomic E-state index is 0.0161. The molecule has 178 valence electrons.